The molecule has 1 saturated heterocycles. The number of rotatable bonds is 16. The van der Waals surface area contributed by atoms with Crippen molar-refractivity contribution in [3.8, 4) is 0 Å². The van der Waals surface area contributed by atoms with Crippen molar-refractivity contribution in [2.24, 2.45) is 17.3 Å². The number of aromatic nitrogens is 2. The first-order valence-electron chi connectivity index (χ1n) is 16.2. The van der Waals surface area contributed by atoms with Crippen LogP contribution in [0.4, 0.5) is 0 Å². The van der Waals surface area contributed by atoms with Crippen molar-refractivity contribution in [2.75, 3.05) is 33.9 Å². The van der Waals surface area contributed by atoms with Gasteiger partial charge in [-0.3, -0.25) is 24.1 Å². The van der Waals surface area contributed by atoms with E-state index in [0.29, 0.717) is 56.4 Å². The highest BCUT2D eigenvalue weighted by Gasteiger charge is 2.54. The Morgan fingerprint density at radius 2 is 1.91 bits per heavy atom. The van der Waals surface area contributed by atoms with Gasteiger partial charge in [0.1, 0.15) is 10.7 Å². The summed E-state index contributed by atoms with van der Waals surface area (Å²) in [5, 5.41) is 8.21. The smallest absolute Gasteiger partial charge is 0.303 e. The molecule has 254 valence electrons. The lowest BCUT2D eigenvalue weighted by Gasteiger charge is -2.36. The van der Waals surface area contributed by atoms with Crippen LogP contribution in [0.25, 0.3) is 0 Å². The lowest BCUT2D eigenvalue weighted by Crippen LogP contribution is -2.50. The van der Waals surface area contributed by atoms with Gasteiger partial charge in [-0.1, -0.05) is 27.7 Å². The minimum absolute atomic E-state index is 0.0294. The zero-order valence-corrected chi connectivity index (χ0v) is 29.7. The minimum atomic E-state index is -0.738. The van der Waals surface area contributed by atoms with Gasteiger partial charge in [-0.2, -0.15) is 0 Å². The summed E-state index contributed by atoms with van der Waals surface area (Å²) in [4.78, 5) is 65.5. The standard InChI is InChI=1S/C33H49N5O6S2/c1-20(2)14-23(15-29-34-10-13-45-29)35-30(41)24-19-46-31(36-24)28(44-22(5)39)16-25(21(3)4)38(7)32(42)33(8-9-33)17-27(40)26-18-43-12-11-37(26)6/h10,13,19-21,23,25-26,28H,8-9,11-12,14-18H2,1-7H3,(H,35,41)/t23-,25-,26-,28-/m1/s1. The third-order valence-corrected chi connectivity index (χ3v) is 10.7. The summed E-state index contributed by atoms with van der Waals surface area (Å²) in [6, 6.07) is -0.714. The highest BCUT2D eigenvalue weighted by atomic mass is 32.1. The first kappa shape index (κ1) is 36.1. The van der Waals surface area contributed by atoms with Gasteiger partial charge < -0.3 is 19.7 Å². The second-order valence-corrected chi connectivity index (χ2v) is 15.4. The Hall–Kier alpha value is -2.74. The number of nitrogens with one attached hydrogen (secondary N) is 1. The molecule has 3 heterocycles. The molecule has 11 nitrogen and oxygen atoms in total. The molecule has 1 N–H and O–H groups in total. The Bertz CT molecular complexity index is 1340. The molecule has 0 unspecified atom stereocenters. The molecule has 46 heavy (non-hydrogen) atoms. The molecule has 4 atom stereocenters. The molecule has 1 saturated carbocycles. The first-order chi connectivity index (χ1) is 21.8. The van der Waals surface area contributed by atoms with Gasteiger partial charge in [0.25, 0.3) is 5.91 Å². The van der Waals surface area contributed by atoms with E-state index < -0.39 is 17.5 Å². The molecule has 4 rings (SSSR count). The number of carbonyl (C=O) groups excluding carboxylic acids is 4. The van der Waals surface area contributed by atoms with E-state index in [9.17, 15) is 19.2 Å². The molecule has 0 aromatic carbocycles. The lowest BCUT2D eigenvalue weighted by molar-refractivity contribution is -0.149. The monoisotopic (exact) mass is 675 g/mol. The fourth-order valence-electron chi connectivity index (χ4n) is 6.24. The van der Waals surface area contributed by atoms with Crippen LogP contribution in [-0.4, -0.2) is 95.3 Å². The van der Waals surface area contributed by atoms with Crippen molar-refractivity contribution in [3.05, 3.63) is 32.7 Å². The predicted octanol–water partition coefficient (Wildman–Crippen LogP) is 4.53. The van der Waals surface area contributed by atoms with Crippen LogP contribution in [0.2, 0.25) is 0 Å². The minimum Gasteiger partial charge on any atom is -0.455 e. The van der Waals surface area contributed by atoms with Gasteiger partial charge in [-0.05, 0) is 38.1 Å². The third kappa shape index (κ3) is 9.42. The van der Waals surface area contributed by atoms with E-state index in [1.54, 1.807) is 34.9 Å². The number of esters is 1. The number of thiazole rings is 2. The molecule has 2 aromatic rings. The number of nitrogens with zero attached hydrogens (tertiary/aromatic N) is 4. The van der Waals surface area contributed by atoms with E-state index >= 15 is 0 Å². The molecule has 13 heteroatoms. The molecule has 0 radical (unpaired) electrons. The Kier molecular flexibility index (Phi) is 12.5. The largest absolute Gasteiger partial charge is 0.455 e. The maximum absolute atomic E-state index is 14.0. The van der Waals surface area contributed by atoms with Crippen LogP contribution < -0.4 is 5.32 Å². The number of hydrogen-bond acceptors (Lipinski definition) is 11. The second kappa shape index (κ2) is 15.9. The highest BCUT2D eigenvalue weighted by molar-refractivity contribution is 7.10. The van der Waals surface area contributed by atoms with Gasteiger partial charge in [-0.25, -0.2) is 9.97 Å². The van der Waals surface area contributed by atoms with Gasteiger partial charge >= 0.3 is 5.97 Å². The fraction of sp³-hybridized carbons (Fsp3) is 0.697. The van der Waals surface area contributed by atoms with Crippen molar-refractivity contribution < 1.29 is 28.7 Å². The lowest BCUT2D eigenvalue weighted by atomic mass is 9.90. The van der Waals surface area contributed by atoms with Crippen LogP contribution in [-0.2, 0) is 30.3 Å². The van der Waals surface area contributed by atoms with Crippen LogP contribution >= 0.6 is 22.7 Å². The Morgan fingerprint density at radius 1 is 1.17 bits per heavy atom. The molecular formula is C33H49N5O6S2. The molecule has 2 amide bonds. The predicted molar refractivity (Wildman–Crippen MR) is 178 cm³/mol. The van der Waals surface area contributed by atoms with E-state index in [1.165, 1.54) is 18.3 Å². The van der Waals surface area contributed by atoms with Gasteiger partial charge in [0, 0.05) is 68.8 Å². The molecule has 2 aromatic heterocycles. The van der Waals surface area contributed by atoms with Crippen molar-refractivity contribution in [2.45, 2.75) is 97.4 Å². The Balaban J connectivity index is 1.46. The van der Waals surface area contributed by atoms with Gasteiger partial charge in [-0.15, -0.1) is 22.7 Å². The zero-order chi connectivity index (χ0) is 33.6. The van der Waals surface area contributed by atoms with Gasteiger partial charge in [0.15, 0.2) is 11.9 Å². The maximum atomic E-state index is 14.0. The average molecular weight is 676 g/mol. The molecule has 2 fully saturated rings. The molecule has 0 bridgehead atoms. The molecule has 1 aliphatic heterocycles. The quantitative estimate of drug-likeness (QED) is 0.255. The van der Waals surface area contributed by atoms with Crippen LogP contribution in [0.1, 0.15) is 93.3 Å². The van der Waals surface area contributed by atoms with Crippen molar-refractivity contribution in [1.29, 1.82) is 0 Å². The number of morpholine rings is 1. The summed E-state index contributed by atoms with van der Waals surface area (Å²) >= 11 is 2.83. The second-order valence-electron chi connectivity index (χ2n) is 13.6. The summed E-state index contributed by atoms with van der Waals surface area (Å²) in [5.74, 6) is -0.360. The van der Waals surface area contributed by atoms with Crippen molar-refractivity contribution in [3.63, 3.8) is 0 Å². The van der Waals surface area contributed by atoms with E-state index in [-0.39, 0.29) is 53.8 Å². The summed E-state index contributed by atoms with van der Waals surface area (Å²) in [6.07, 6.45) is 4.32. The van der Waals surface area contributed by atoms with E-state index in [4.69, 9.17) is 9.47 Å². The van der Waals surface area contributed by atoms with Gasteiger partial charge in [0.05, 0.1) is 29.7 Å². The Labute approximate surface area is 280 Å². The number of carbonyl (C=O) groups is 4. The average Bonchev–Trinajstić information content (AvgIpc) is 3.34. The zero-order valence-electron chi connectivity index (χ0n) is 28.1. The van der Waals surface area contributed by atoms with Crippen molar-refractivity contribution in [1.82, 2.24) is 25.1 Å². The van der Waals surface area contributed by atoms with E-state index in [2.05, 4.69) is 29.1 Å². The van der Waals surface area contributed by atoms with E-state index in [0.717, 1.165) is 11.4 Å². The van der Waals surface area contributed by atoms with Crippen LogP contribution in [0, 0.1) is 17.3 Å². The molecule has 0 spiro atoms. The van der Waals surface area contributed by atoms with Crippen LogP contribution in [0.3, 0.4) is 0 Å². The van der Waals surface area contributed by atoms with E-state index in [1.807, 2.05) is 31.2 Å². The first-order valence-corrected chi connectivity index (χ1v) is 18.0. The number of likely N-dealkylation sites (N-methyl/N-ethyl adjacent to an activating group) is 1. The topological polar surface area (TPSA) is 131 Å². The third-order valence-electron chi connectivity index (χ3n) is 8.96. The molecule has 2 aliphatic rings. The fourth-order valence-corrected chi connectivity index (χ4v) is 7.78. The maximum Gasteiger partial charge on any atom is 0.303 e. The SMILES string of the molecule is CC(=O)O[C@H](C[C@H](C(C)C)N(C)C(=O)C1(CC(=O)[C@H]2COCCN2C)CC1)c1nc(C(=O)N[C@@H](Cc2nccs2)CC(C)C)cs1. The van der Waals surface area contributed by atoms with Crippen LogP contribution in [0.5, 0.6) is 0 Å². The normalized spacial score (nSPS) is 19.8. The summed E-state index contributed by atoms with van der Waals surface area (Å²) < 4.78 is 11.3. The van der Waals surface area contributed by atoms with Crippen molar-refractivity contribution >= 4 is 46.2 Å². The number of ketones is 1. The number of Topliss-reactive ketones (excluding diaryl/α,β-unsaturated/α-hetero) is 1. The number of amides is 2. The van der Waals surface area contributed by atoms with Gasteiger partial charge in [0.2, 0.25) is 5.91 Å². The molecule has 1 aliphatic carbocycles. The highest BCUT2D eigenvalue weighted by Crippen LogP contribution is 2.51. The van der Waals surface area contributed by atoms with Crippen LogP contribution in [0.15, 0.2) is 17.0 Å². The molecular weight excluding hydrogens is 627 g/mol. The summed E-state index contributed by atoms with van der Waals surface area (Å²) in [5.41, 5.74) is -0.436. The number of ether oxygens (including phenoxy) is 2. The summed E-state index contributed by atoms with van der Waals surface area (Å²) in [6.45, 7) is 11.3. The Morgan fingerprint density at radius 3 is 2.50 bits per heavy atom. The summed E-state index contributed by atoms with van der Waals surface area (Å²) in [7, 11) is 3.69. The number of hydrogen-bond donors (Lipinski definition) is 1.